The molecule has 0 saturated carbocycles. The zero-order chi connectivity index (χ0) is 20.8. The van der Waals surface area contributed by atoms with Crippen molar-refractivity contribution in [2.24, 2.45) is 5.92 Å². The van der Waals surface area contributed by atoms with Crippen LogP contribution in [0.1, 0.15) is 6.42 Å². The molecule has 8 nitrogen and oxygen atoms in total. The summed E-state index contributed by atoms with van der Waals surface area (Å²) in [4.78, 5) is 37.5. The molecule has 0 unspecified atom stereocenters. The van der Waals surface area contributed by atoms with Gasteiger partial charge in [0.25, 0.3) is 5.91 Å². The number of nitrogens with zero attached hydrogens (tertiary/aromatic N) is 1. The third-order valence-electron chi connectivity index (χ3n) is 4.63. The van der Waals surface area contributed by atoms with E-state index in [-0.39, 0.29) is 36.7 Å². The molecule has 1 heterocycles. The van der Waals surface area contributed by atoms with Crippen molar-refractivity contribution in [1.82, 2.24) is 5.32 Å². The Morgan fingerprint density at radius 3 is 2.34 bits per heavy atom. The Balaban J connectivity index is 1.52. The Labute approximate surface area is 168 Å². The Morgan fingerprint density at radius 1 is 1.07 bits per heavy atom. The molecule has 29 heavy (non-hydrogen) atoms. The topological polar surface area (TPSA) is 97.0 Å². The largest absolute Gasteiger partial charge is 0.497 e. The molecule has 3 amide bonds. The van der Waals surface area contributed by atoms with Crippen LogP contribution in [0.3, 0.4) is 0 Å². The van der Waals surface area contributed by atoms with E-state index in [2.05, 4.69) is 10.6 Å². The third-order valence-corrected chi connectivity index (χ3v) is 4.63. The molecule has 1 saturated heterocycles. The average molecular weight is 397 g/mol. The second-order valence-electron chi connectivity index (χ2n) is 6.58. The Kier molecular flexibility index (Phi) is 6.33. The summed E-state index contributed by atoms with van der Waals surface area (Å²) < 4.78 is 10.6. The first-order valence-electron chi connectivity index (χ1n) is 9.19. The highest BCUT2D eigenvalue weighted by Gasteiger charge is 2.34. The molecule has 2 N–H and O–H groups in total. The number of carbonyl (C=O) groups is 3. The van der Waals surface area contributed by atoms with Crippen molar-refractivity contribution in [3.8, 4) is 11.5 Å². The third kappa shape index (κ3) is 5.04. The Hall–Kier alpha value is -3.55. The number of anilines is 2. The van der Waals surface area contributed by atoms with Crippen LogP contribution in [0, 0.1) is 5.92 Å². The molecule has 0 radical (unpaired) electrons. The van der Waals surface area contributed by atoms with E-state index in [4.69, 9.17) is 9.47 Å². The molecule has 0 aliphatic carbocycles. The monoisotopic (exact) mass is 397 g/mol. The predicted octanol–water partition coefficient (Wildman–Crippen LogP) is 1.81. The van der Waals surface area contributed by atoms with Gasteiger partial charge >= 0.3 is 0 Å². The first kappa shape index (κ1) is 20.2. The smallest absolute Gasteiger partial charge is 0.262 e. The van der Waals surface area contributed by atoms with Crippen molar-refractivity contribution in [3.05, 3.63) is 48.5 Å². The van der Waals surface area contributed by atoms with Gasteiger partial charge in [-0.2, -0.15) is 0 Å². The van der Waals surface area contributed by atoms with Crippen LogP contribution in [-0.2, 0) is 14.4 Å². The minimum Gasteiger partial charge on any atom is -0.497 e. The van der Waals surface area contributed by atoms with E-state index in [1.165, 1.54) is 0 Å². The van der Waals surface area contributed by atoms with Crippen LogP contribution in [0.4, 0.5) is 11.4 Å². The van der Waals surface area contributed by atoms with Gasteiger partial charge in [-0.05, 0) is 48.5 Å². The summed E-state index contributed by atoms with van der Waals surface area (Å²) in [6.45, 7) is 0.204. The number of amides is 3. The lowest BCUT2D eigenvalue weighted by Gasteiger charge is -2.17. The maximum Gasteiger partial charge on any atom is 0.262 e. The number of hydrogen-bond donors (Lipinski definition) is 2. The number of benzene rings is 2. The van der Waals surface area contributed by atoms with Crippen LogP contribution in [0.25, 0.3) is 0 Å². The molecule has 8 heteroatoms. The quantitative estimate of drug-likeness (QED) is 0.743. The summed E-state index contributed by atoms with van der Waals surface area (Å²) in [6.07, 6.45) is 0.198. The highest BCUT2D eigenvalue weighted by molar-refractivity contribution is 6.00. The number of hydrogen-bond acceptors (Lipinski definition) is 5. The van der Waals surface area contributed by atoms with Gasteiger partial charge in [0.1, 0.15) is 11.5 Å². The summed E-state index contributed by atoms with van der Waals surface area (Å²) in [5, 5.41) is 5.31. The Morgan fingerprint density at radius 2 is 1.72 bits per heavy atom. The van der Waals surface area contributed by atoms with Crippen molar-refractivity contribution in [2.45, 2.75) is 6.42 Å². The second kappa shape index (κ2) is 9.09. The normalized spacial score (nSPS) is 15.7. The van der Waals surface area contributed by atoms with Crippen molar-refractivity contribution in [1.29, 1.82) is 0 Å². The molecule has 1 aliphatic rings. The molecule has 3 rings (SSSR count). The number of methoxy groups -OCH3 is 1. The lowest BCUT2D eigenvalue weighted by atomic mass is 10.1. The highest BCUT2D eigenvalue weighted by atomic mass is 16.5. The first-order chi connectivity index (χ1) is 14.0. The molecule has 1 aliphatic heterocycles. The summed E-state index contributed by atoms with van der Waals surface area (Å²) in [5.74, 6) is 0.355. The molecular weight excluding hydrogens is 374 g/mol. The maximum absolute atomic E-state index is 12.2. The molecule has 1 atom stereocenters. The van der Waals surface area contributed by atoms with E-state index in [1.807, 2.05) is 0 Å². The molecule has 152 valence electrons. The van der Waals surface area contributed by atoms with E-state index >= 15 is 0 Å². The zero-order valence-electron chi connectivity index (χ0n) is 16.3. The number of nitrogens with one attached hydrogen (secondary N) is 2. The van der Waals surface area contributed by atoms with Gasteiger partial charge in [-0.3, -0.25) is 14.4 Å². The maximum atomic E-state index is 12.2. The lowest BCUT2D eigenvalue weighted by molar-refractivity contribution is -0.125. The van der Waals surface area contributed by atoms with Gasteiger partial charge in [0.15, 0.2) is 6.61 Å². The van der Waals surface area contributed by atoms with E-state index in [0.717, 1.165) is 0 Å². The fourth-order valence-electron chi connectivity index (χ4n) is 3.08. The number of ether oxygens (including phenoxy) is 2. The Bertz CT molecular complexity index is 880. The molecule has 0 aromatic heterocycles. The van der Waals surface area contributed by atoms with Crippen LogP contribution in [0.5, 0.6) is 11.5 Å². The van der Waals surface area contributed by atoms with Crippen LogP contribution in [0.15, 0.2) is 48.5 Å². The minimum absolute atomic E-state index is 0.0915. The van der Waals surface area contributed by atoms with Gasteiger partial charge in [-0.1, -0.05) is 0 Å². The summed E-state index contributed by atoms with van der Waals surface area (Å²) in [5.41, 5.74) is 1.34. The standard InChI is InChI=1S/C21H23N3O5/c1-22-21(27)14-11-20(26)24(12-14)16-5-9-18(10-6-16)29-13-19(25)23-15-3-7-17(28-2)8-4-15/h3-10,14H,11-13H2,1-2H3,(H,22,27)(H,23,25)/t14-/m0/s1. The fourth-order valence-corrected chi connectivity index (χ4v) is 3.08. The van der Waals surface area contributed by atoms with Crippen LogP contribution < -0.4 is 25.0 Å². The van der Waals surface area contributed by atoms with Gasteiger partial charge < -0.3 is 25.0 Å². The van der Waals surface area contributed by atoms with Gasteiger partial charge in [0.2, 0.25) is 11.8 Å². The molecular formula is C21H23N3O5. The SMILES string of the molecule is CNC(=O)[C@H]1CC(=O)N(c2ccc(OCC(=O)Nc3ccc(OC)cc3)cc2)C1. The van der Waals surface area contributed by atoms with E-state index < -0.39 is 0 Å². The van der Waals surface area contributed by atoms with E-state index in [0.29, 0.717) is 29.4 Å². The lowest BCUT2D eigenvalue weighted by Crippen LogP contribution is -2.30. The summed E-state index contributed by atoms with van der Waals surface area (Å²) in [7, 11) is 3.14. The van der Waals surface area contributed by atoms with Crippen molar-refractivity contribution < 1.29 is 23.9 Å². The van der Waals surface area contributed by atoms with Crippen LogP contribution >= 0.6 is 0 Å². The number of carbonyl (C=O) groups excluding carboxylic acids is 3. The van der Waals surface area contributed by atoms with Gasteiger partial charge in [-0.25, -0.2) is 0 Å². The van der Waals surface area contributed by atoms with Gasteiger partial charge in [0, 0.05) is 31.4 Å². The van der Waals surface area contributed by atoms with E-state index in [1.54, 1.807) is 67.6 Å². The highest BCUT2D eigenvalue weighted by Crippen LogP contribution is 2.27. The van der Waals surface area contributed by atoms with Gasteiger partial charge in [0.05, 0.1) is 13.0 Å². The van der Waals surface area contributed by atoms with Crippen LogP contribution in [0.2, 0.25) is 0 Å². The second-order valence-corrected chi connectivity index (χ2v) is 6.58. The molecule has 2 aromatic carbocycles. The van der Waals surface area contributed by atoms with Crippen molar-refractivity contribution >= 4 is 29.1 Å². The van der Waals surface area contributed by atoms with E-state index in [9.17, 15) is 14.4 Å². The minimum atomic E-state index is -0.343. The van der Waals surface area contributed by atoms with Crippen LogP contribution in [-0.4, -0.2) is 45.0 Å². The first-order valence-corrected chi connectivity index (χ1v) is 9.19. The average Bonchev–Trinajstić information content (AvgIpc) is 3.14. The summed E-state index contributed by atoms with van der Waals surface area (Å²) >= 11 is 0. The van der Waals surface area contributed by atoms with Gasteiger partial charge in [-0.15, -0.1) is 0 Å². The van der Waals surface area contributed by atoms with Crippen molar-refractivity contribution in [3.63, 3.8) is 0 Å². The zero-order valence-corrected chi connectivity index (χ0v) is 16.3. The number of rotatable bonds is 7. The predicted molar refractivity (Wildman–Crippen MR) is 108 cm³/mol. The molecule has 1 fully saturated rings. The molecule has 0 spiro atoms. The van der Waals surface area contributed by atoms with Crippen molar-refractivity contribution in [2.75, 3.05) is 37.5 Å². The summed E-state index contributed by atoms with van der Waals surface area (Å²) in [6, 6.07) is 13.8. The molecule has 2 aromatic rings. The molecule has 0 bridgehead atoms. The fraction of sp³-hybridized carbons (Fsp3) is 0.286.